The van der Waals surface area contributed by atoms with Crippen molar-refractivity contribution in [1.82, 2.24) is 0 Å². The van der Waals surface area contributed by atoms with Crippen LogP contribution in [-0.2, 0) is 10.8 Å². The Balaban J connectivity index is 3.80. The maximum atomic E-state index is 14.9. The molecule has 0 aliphatic carbocycles. The number of hydrogen-bond donors (Lipinski definition) is 0. The van der Waals surface area contributed by atoms with E-state index in [1.807, 2.05) is 34.6 Å². The Bertz CT molecular complexity index is 466. The number of hydrogen-bond acceptors (Lipinski definition) is 0. The first-order valence-electron chi connectivity index (χ1n) is 8.10. The molecule has 0 amide bonds. The van der Waals surface area contributed by atoms with Crippen LogP contribution in [0.1, 0.15) is 78.4 Å². The summed E-state index contributed by atoms with van der Waals surface area (Å²) >= 11 is 0. The Labute approximate surface area is 135 Å². The number of rotatable bonds is 6. The highest BCUT2D eigenvalue weighted by atomic mass is 31.0. The van der Waals surface area contributed by atoms with Gasteiger partial charge < -0.3 is 0 Å². The predicted octanol–water partition coefficient (Wildman–Crippen LogP) is 5.76. The second-order valence-electron chi connectivity index (χ2n) is 6.64. The summed E-state index contributed by atoms with van der Waals surface area (Å²) in [5, 5.41) is 0.174. The second kappa shape index (κ2) is 6.91. The van der Waals surface area contributed by atoms with Crippen molar-refractivity contribution in [3.63, 3.8) is 0 Å². The molecule has 0 nitrogen and oxygen atoms in total. The maximum absolute atomic E-state index is 14.9. The van der Waals surface area contributed by atoms with E-state index in [4.69, 9.17) is 0 Å². The third kappa shape index (κ3) is 2.94. The van der Waals surface area contributed by atoms with Gasteiger partial charge in [-0.3, -0.25) is 0 Å². The van der Waals surface area contributed by atoms with Gasteiger partial charge in [0.15, 0.2) is 11.6 Å². The summed E-state index contributed by atoms with van der Waals surface area (Å²) in [5.41, 5.74) is -1.22. The van der Waals surface area contributed by atoms with Crippen molar-refractivity contribution in [3.8, 4) is 0 Å². The molecule has 1 atom stereocenters. The van der Waals surface area contributed by atoms with Crippen LogP contribution in [0.4, 0.5) is 13.2 Å². The van der Waals surface area contributed by atoms with Gasteiger partial charge >= 0.3 is 0 Å². The van der Waals surface area contributed by atoms with Crippen LogP contribution >= 0.6 is 9.24 Å². The lowest BCUT2D eigenvalue weighted by atomic mass is 9.73. The highest BCUT2D eigenvalue weighted by Crippen LogP contribution is 2.40. The van der Waals surface area contributed by atoms with Gasteiger partial charge in [-0.05, 0) is 36.5 Å². The van der Waals surface area contributed by atoms with Gasteiger partial charge in [0.25, 0.3) is 0 Å². The van der Waals surface area contributed by atoms with E-state index in [9.17, 15) is 13.2 Å². The molecule has 0 aliphatic heterocycles. The zero-order valence-corrected chi connectivity index (χ0v) is 15.7. The Kier molecular flexibility index (Phi) is 6.12. The molecule has 1 aromatic rings. The van der Waals surface area contributed by atoms with Gasteiger partial charge in [0.1, 0.15) is 5.82 Å². The smallest absolute Gasteiger partial charge is 0.165 e. The molecular weight excluding hydrogens is 304 g/mol. The summed E-state index contributed by atoms with van der Waals surface area (Å²) < 4.78 is 44.5. The van der Waals surface area contributed by atoms with Gasteiger partial charge in [-0.2, -0.15) is 0 Å². The molecule has 0 aliphatic rings. The fourth-order valence-electron chi connectivity index (χ4n) is 3.01. The summed E-state index contributed by atoms with van der Waals surface area (Å²) in [6.07, 6.45) is 2.36. The van der Waals surface area contributed by atoms with Crippen LogP contribution < -0.4 is 5.30 Å². The monoisotopic (exact) mass is 332 g/mol. The Morgan fingerprint density at radius 1 is 0.682 bits per heavy atom. The average Bonchev–Trinajstić information content (AvgIpc) is 2.52. The van der Waals surface area contributed by atoms with Gasteiger partial charge in [-0.15, -0.1) is 9.24 Å². The highest BCUT2D eigenvalue weighted by Gasteiger charge is 2.38. The van der Waals surface area contributed by atoms with Gasteiger partial charge in [-0.1, -0.05) is 41.5 Å². The molecule has 1 unspecified atom stereocenters. The molecule has 0 N–H and O–H groups in total. The first-order chi connectivity index (χ1) is 10.1. The molecule has 0 heterocycles. The third-order valence-corrected chi connectivity index (χ3v) is 6.23. The fraction of sp³-hybridized carbons (Fsp3) is 0.667. The van der Waals surface area contributed by atoms with Crippen LogP contribution in [0.5, 0.6) is 0 Å². The molecule has 1 aromatic carbocycles. The van der Waals surface area contributed by atoms with Crippen LogP contribution in [0, 0.1) is 17.5 Å². The number of halogens is 3. The molecular formula is C18H28F3P. The van der Waals surface area contributed by atoms with Gasteiger partial charge in [0.05, 0.1) is 0 Å². The minimum absolute atomic E-state index is 0.113. The SMILES string of the molecule is CCC(C)(CC)c1c(F)c(F)c(C(C)(CC)CC)c(P)c1F. The summed E-state index contributed by atoms with van der Waals surface area (Å²) in [7, 11) is 2.30. The largest absolute Gasteiger partial charge is 0.206 e. The van der Waals surface area contributed by atoms with Crippen LogP contribution in [-0.4, -0.2) is 0 Å². The fourth-order valence-corrected chi connectivity index (χ4v) is 3.63. The van der Waals surface area contributed by atoms with Crippen molar-refractivity contribution in [1.29, 1.82) is 0 Å². The summed E-state index contributed by atoms with van der Waals surface area (Å²) in [5.74, 6) is -2.52. The molecule has 0 saturated carbocycles. The molecule has 0 spiro atoms. The zero-order chi connectivity index (χ0) is 17.3. The minimum Gasteiger partial charge on any atom is -0.206 e. The first-order valence-corrected chi connectivity index (χ1v) is 8.68. The molecule has 0 saturated heterocycles. The van der Waals surface area contributed by atoms with Crippen molar-refractivity contribution in [2.75, 3.05) is 0 Å². The Hall–Kier alpha value is -0.560. The Morgan fingerprint density at radius 2 is 1.00 bits per heavy atom. The molecule has 4 heteroatoms. The standard InChI is InChI=1S/C18H28F3P/c1-7-17(5,8-2)11-13(19)14(20)12(16(22)15(11)21)18(6,9-3)10-4/h7-10,22H2,1-6H3. The molecule has 0 aromatic heterocycles. The average molecular weight is 332 g/mol. The topological polar surface area (TPSA) is 0 Å². The molecule has 22 heavy (non-hydrogen) atoms. The molecule has 126 valence electrons. The molecule has 0 bridgehead atoms. The second-order valence-corrected chi connectivity index (χ2v) is 7.22. The highest BCUT2D eigenvalue weighted by molar-refractivity contribution is 7.27. The van der Waals surface area contributed by atoms with Crippen molar-refractivity contribution in [2.24, 2.45) is 0 Å². The van der Waals surface area contributed by atoms with Crippen LogP contribution in [0.25, 0.3) is 0 Å². The van der Waals surface area contributed by atoms with Crippen molar-refractivity contribution < 1.29 is 13.2 Å². The molecule has 1 rings (SSSR count). The lowest BCUT2D eigenvalue weighted by molar-refractivity contribution is 0.359. The van der Waals surface area contributed by atoms with Crippen molar-refractivity contribution in [2.45, 2.75) is 78.1 Å². The zero-order valence-electron chi connectivity index (χ0n) is 14.5. The maximum Gasteiger partial charge on any atom is 0.165 e. The van der Waals surface area contributed by atoms with E-state index in [0.29, 0.717) is 25.7 Å². The van der Waals surface area contributed by atoms with E-state index in [-0.39, 0.29) is 16.4 Å². The van der Waals surface area contributed by atoms with Crippen LogP contribution in [0.2, 0.25) is 0 Å². The van der Waals surface area contributed by atoms with Crippen LogP contribution in [0.3, 0.4) is 0 Å². The van der Waals surface area contributed by atoms with Crippen LogP contribution in [0.15, 0.2) is 0 Å². The summed E-state index contributed by atoms with van der Waals surface area (Å²) in [6.45, 7) is 11.2. The number of benzene rings is 1. The van der Waals surface area contributed by atoms with E-state index in [2.05, 4.69) is 9.24 Å². The van der Waals surface area contributed by atoms with Gasteiger partial charge in [0.2, 0.25) is 0 Å². The predicted molar refractivity (Wildman–Crippen MR) is 91.5 cm³/mol. The summed E-state index contributed by atoms with van der Waals surface area (Å²) in [4.78, 5) is 0. The normalized spacial score (nSPS) is 12.8. The van der Waals surface area contributed by atoms with Crippen molar-refractivity contribution >= 4 is 14.5 Å². The van der Waals surface area contributed by atoms with E-state index < -0.39 is 28.3 Å². The van der Waals surface area contributed by atoms with E-state index in [1.165, 1.54) is 0 Å². The van der Waals surface area contributed by atoms with E-state index >= 15 is 0 Å². The lowest BCUT2D eigenvalue weighted by Crippen LogP contribution is -2.34. The van der Waals surface area contributed by atoms with Gasteiger partial charge in [-0.25, -0.2) is 13.2 Å². The van der Waals surface area contributed by atoms with E-state index in [0.717, 1.165) is 0 Å². The first kappa shape index (κ1) is 19.5. The quantitative estimate of drug-likeness (QED) is 0.459. The minimum atomic E-state index is -1.02. The molecule has 0 fully saturated rings. The van der Waals surface area contributed by atoms with E-state index in [1.54, 1.807) is 6.92 Å². The lowest BCUT2D eigenvalue weighted by Gasteiger charge is -2.34. The van der Waals surface area contributed by atoms with Crippen molar-refractivity contribution in [3.05, 3.63) is 28.6 Å². The third-order valence-electron chi connectivity index (χ3n) is 5.69. The summed E-state index contributed by atoms with van der Waals surface area (Å²) in [6, 6.07) is 0. The Morgan fingerprint density at radius 3 is 1.36 bits per heavy atom. The van der Waals surface area contributed by atoms with Gasteiger partial charge in [0, 0.05) is 16.4 Å². The molecule has 0 radical (unpaired) electrons.